The predicted molar refractivity (Wildman–Crippen MR) is 95.0 cm³/mol. The number of methoxy groups -OCH3 is 1. The molecular weight excluding hydrogens is 366 g/mol. The molecule has 0 N–H and O–H groups in total. The number of aromatic nitrogens is 1. The first kappa shape index (κ1) is 16.0. The van der Waals surface area contributed by atoms with E-state index in [1.54, 1.807) is 7.11 Å². The Kier molecular flexibility index (Phi) is 5.18. The lowest BCUT2D eigenvalue weighted by molar-refractivity contribution is 0.144. The lowest BCUT2D eigenvalue weighted by atomic mass is 10.2. The van der Waals surface area contributed by atoms with Gasteiger partial charge in [-0.3, -0.25) is 4.90 Å². The molecule has 0 unspecified atom stereocenters. The zero-order valence-corrected chi connectivity index (χ0v) is 14.9. The van der Waals surface area contributed by atoms with E-state index in [1.165, 1.54) is 0 Å². The number of ether oxygens (including phenoxy) is 1. The van der Waals surface area contributed by atoms with Crippen molar-refractivity contribution in [1.82, 2.24) is 9.88 Å². The Balaban J connectivity index is 1.75. The Bertz CT molecular complexity index is 659. The first-order valence-corrected chi connectivity index (χ1v) is 8.56. The number of benzene rings is 1. The largest absolute Gasteiger partial charge is 0.383 e. The number of hydrogen-bond donors (Lipinski definition) is 0. The molecule has 0 bridgehead atoms. The normalized spacial score (nSPS) is 16.4. The fourth-order valence-electron chi connectivity index (χ4n) is 2.74. The number of anilines is 1. The summed E-state index contributed by atoms with van der Waals surface area (Å²) in [6.45, 7) is 5.83. The summed E-state index contributed by atoms with van der Waals surface area (Å²) in [6.07, 6.45) is 0. The molecular formula is C16H19BrClN3O. The molecule has 0 atom stereocenters. The van der Waals surface area contributed by atoms with E-state index < -0.39 is 0 Å². The minimum atomic E-state index is 0.685. The minimum Gasteiger partial charge on any atom is -0.383 e. The third-order valence-corrected chi connectivity index (χ3v) is 4.75. The van der Waals surface area contributed by atoms with Gasteiger partial charge >= 0.3 is 0 Å². The molecule has 0 spiro atoms. The van der Waals surface area contributed by atoms with Crippen LogP contribution in [-0.4, -0.2) is 56.3 Å². The van der Waals surface area contributed by atoms with Crippen molar-refractivity contribution in [1.29, 1.82) is 0 Å². The highest BCUT2D eigenvalue weighted by molar-refractivity contribution is 9.10. The predicted octanol–water partition coefficient (Wildman–Crippen LogP) is 3.42. The van der Waals surface area contributed by atoms with Gasteiger partial charge in [-0.2, -0.15) is 0 Å². The highest BCUT2D eigenvalue weighted by Gasteiger charge is 2.18. The van der Waals surface area contributed by atoms with Gasteiger partial charge in [0, 0.05) is 49.7 Å². The fourth-order valence-corrected chi connectivity index (χ4v) is 3.62. The van der Waals surface area contributed by atoms with Gasteiger partial charge in [-0.25, -0.2) is 4.98 Å². The molecule has 118 valence electrons. The molecule has 1 aliphatic heterocycles. The zero-order valence-electron chi connectivity index (χ0n) is 12.6. The van der Waals surface area contributed by atoms with Crippen LogP contribution in [0.15, 0.2) is 28.7 Å². The van der Waals surface area contributed by atoms with Crippen LogP contribution in [0.25, 0.3) is 10.9 Å². The topological polar surface area (TPSA) is 28.6 Å². The van der Waals surface area contributed by atoms with Crippen molar-refractivity contribution in [3.05, 3.63) is 33.8 Å². The SMILES string of the molecule is COCCN1CCN(c2ccc3cc(Br)cc(Cl)c3n2)CC1. The van der Waals surface area contributed by atoms with Gasteiger partial charge in [0.25, 0.3) is 0 Å². The van der Waals surface area contributed by atoms with Crippen molar-refractivity contribution in [2.75, 3.05) is 51.3 Å². The molecule has 0 saturated carbocycles. The standard InChI is InChI=1S/C16H19BrClN3O/c1-22-9-8-20-4-6-21(7-5-20)15-3-2-12-10-13(17)11-14(18)16(12)19-15/h2-3,10-11H,4-9H2,1H3. The summed E-state index contributed by atoms with van der Waals surface area (Å²) in [4.78, 5) is 9.50. The van der Waals surface area contributed by atoms with Crippen LogP contribution in [-0.2, 0) is 4.74 Å². The summed E-state index contributed by atoms with van der Waals surface area (Å²) < 4.78 is 6.12. The minimum absolute atomic E-state index is 0.685. The van der Waals surface area contributed by atoms with Gasteiger partial charge in [-0.1, -0.05) is 27.5 Å². The molecule has 0 amide bonds. The molecule has 3 rings (SSSR count). The first-order valence-electron chi connectivity index (χ1n) is 7.39. The molecule has 1 aromatic heterocycles. The monoisotopic (exact) mass is 383 g/mol. The van der Waals surface area contributed by atoms with Gasteiger partial charge in [-0.05, 0) is 24.3 Å². The number of fused-ring (bicyclic) bond motifs is 1. The van der Waals surface area contributed by atoms with Gasteiger partial charge in [0.1, 0.15) is 5.82 Å². The van der Waals surface area contributed by atoms with Crippen molar-refractivity contribution in [3.8, 4) is 0 Å². The van der Waals surface area contributed by atoms with E-state index >= 15 is 0 Å². The van der Waals surface area contributed by atoms with E-state index in [1.807, 2.05) is 12.1 Å². The molecule has 1 aliphatic rings. The molecule has 0 radical (unpaired) electrons. The molecule has 4 nitrogen and oxygen atoms in total. The Morgan fingerprint density at radius 1 is 1.23 bits per heavy atom. The maximum atomic E-state index is 6.32. The summed E-state index contributed by atoms with van der Waals surface area (Å²) in [5, 5.41) is 1.74. The fraction of sp³-hybridized carbons (Fsp3) is 0.438. The van der Waals surface area contributed by atoms with Crippen LogP contribution >= 0.6 is 27.5 Å². The third-order valence-electron chi connectivity index (χ3n) is 4.00. The number of rotatable bonds is 4. The number of halogens is 2. The summed E-state index contributed by atoms with van der Waals surface area (Å²) in [7, 11) is 1.75. The van der Waals surface area contributed by atoms with E-state index in [-0.39, 0.29) is 0 Å². The highest BCUT2D eigenvalue weighted by atomic mass is 79.9. The Morgan fingerprint density at radius 3 is 2.73 bits per heavy atom. The average molecular weight is 385 g/mol. The summed E-state index contributed by atoms with van der Waals surface area (Å²) >= 11 is 9.79. The van der Waals surface area contributed by atoms with Gasteiger partial charge < -0.3 is 9.64 Å². The maximum absolute atomic E-state index is 6.32. The number of hydrogen-bond acceptors (Lipinski definition) is 4. The van der Waals surface area contributed by atoms with Crippen molar-refractivity contribution in [2.45, 2.75) is 0 Å². The second-order valence-electron chi connectivity index (χ2n) is 5.45. The number of pyridine rings is 1. The molecule has 1 fully saturated rings. The van der Waals surface area contributed by atoms with Gasteiger partial charge in [0.05, 0.1) is 17.1 Å². The Morgan fingerprint density at radius 2 is 2.00 bits per heavy atom. The average Bonchev–Trinajstić information content (AvgIpc) is 2.53. The molecule has 2 heterocycles. The van der Waals surface area contributed by atoms with Crippen molar-refractivity contribution < 1.29 is 4.74 Å². The molecule has 1 aromatic carbocycles. The molecule has 1 saturated heterocycles. The maximum Gasteiger partial charge on any atom is 0.129 e. The van der Waals surface area contributed by atoms with Crippen LogP contribution < -0.4 is 4.90 Å². The number of piperazine rings is 1. The smallest absolute Gasteiger partial charge is 0.129 e. The van der Waals surface area contributed by atoms with Gasteiger partial charge in [0.15, 0.2) is 0 Å². The van der Waals surface area contributed by atoms with Gasteiger partial charge in [-0.15, -0.1) is 0 Å². The lowest BCUT2D eigenvalue weighted by Gasteiger charge is -2.35. The van der Waals surface area contributed by atoms with E-state index in [9.17, 15) is 0 Å². The molecule has 6 heteroatoms. The Hall–Kier alpha value is -0.880. The molecule has 2 aromatic rings. The van der Waals surface area contributed by atoms with Crippen LogP contribution in [0.2, 0.25) is 5.02 Å². The van der Waals surface area contributed by atoms with Crippen molar-refractivity contribution in [3.63, 3.8) is 0 Å². The van der Waals surface area contributed by atoms with Crippen LogP contribution in [0.3, 0.4) is 0 Å². The van der Waals surface area contributed by atoms with Gasteiger partial charge in [0.2, 0.25) is 0 Å². The first-order chi connectivity index (χ1) is 10.7. The number of nitrogens with zero attached hydrogens (tertiary/aromatic N) is 3. The second-order valence-corrected chi connectivity index (χ2v) is 6.77. The summed E-state index contributed by atoms with van der Waals surface area (Å²) in [6, 6.07) is 8.10. The summed E-state index contributed by atoms with van der Waals surface area (Å²) in [5.41, 5.74) is 0.865. The lowest BCUT2D eigenvalue weighted by Crippen LogP contribution is -2.47. The summed E-state index contributed by atoms with van der Waals surface area (Å²) in [5.74, 6) is 1.00. The van der Waals surface area contributed by atoms with E-state index in [0.29, 0.717) is 5.02 Å². The zero-order chi connectivity index (χ0) is 15.5. The van der Waals surface area contributed by atoms with Crippen molar-refractivity contribution >= 4 is 44.3 Å². The second kappa shape index (κ2) is 7.13. The third kappa shape index (κ3) is 3.54. The Labute approximate surface area is 144 Å². The molecule has 0 aliphatic carbocycles. The van der Waals surface area contributed by atoms with E-state index in [0.717, 1.165) is 60.5 Å². The van der Waals surface area contributed by atoms with Crippen LogP contribution in [0.5, 0.6) is 0 Å². The highest BCUT2D eigenvalue weighted by Crippen LogP contribution is 2.28. The quantitative estimate of drug-likeness (QED) is 0.807. The van der Waals surface area contributed by atoms with Crippen LogP contribution in [0.1, 0.15) is 0 Å². The molecule has 22 heavy (non-hydrogen) atoms. The van der Waals surface area contributed by atoms with E-state index in [2.05, 4.69) is 37.9 Å². The van der Waals surface area contributed by atoms with E-state index in [4.69, 9.17) is 21.3 Å². The van der Waals surface area contributed by atoms with Crippen molar-refractivity contribution in [2.24, 2.45) is 0 Å². The van der Waals surface area contributed by atoms with Crippen LogP contribution in [0, 0.1) is 0 Å². The van der Waals surface area contributed by atoms with Crippen LogP contribution in [0.4, 0.5) is 5.82 Å².